The Morgan fingerprint density at radius 1 is 0.846 bits per heavy atom. The van der Waals surface area contributed by atoms with Crippen molar-refractivity contribution in [3.8, 4) is 0 Å². The molecule has 0 aliphatic rings. The lowest BCUT2D eigenvalue weighted by atomic mass is 10.0. The van der Waals surface area contributed by atoms with E-state index in [9.17, 15) is 18.0 Å². The van der Waals surface area contributed by atoms with Crippen molar-refractivity contribution in [3.05, 3.63) is 102 Å². The highest BCUT2D eigenvalue weighted by molar-refractivity contribution is 7.92. The number of hydrogen-bond acceptors (Lipinski definition) is 4. The Hall–Kier alpha value is -3.65. The Kier molecular flexibility index (Phi) is 11.1. The molecule has 0 bridgehead atoms. The second-order valence-corrected chi connectivity index (χ2v) is 11.7. The van der Waals surface area contributed by atoms with Crippen molar-refractivity contribution in [2.24, 2.45) is 0 Å². The minimum atomic E-state index is -3.53. The van der Waals surface area contributed by atoms with Gasteiger partial charge >= 0.3 is 0 Å². The Labute approximate surface area is 232 Å². The summed E-state index contributed by atoms with van der Waals surface area (Å²) in [6.07, 6.45) is 2.74. The maximum atomic E-state index is 13.8. The second kappa shape index (κ2) is 14.5. The third-order valence-corrected chi connectivity index (χ3v) is 7.86. The zero-order valence-corrected chi connectivity index (χ0v) is 23.8. The Morgan fingerprint density at radius 3 is 1.92 bits per heavy atom. The molecule has 1 N–H and O–H groups in total. The van der Waals surface area contributed by atoms with Crippen LogP contribution in [0.3, 0.4) is 0 Å². The number of nitrogens with zero attached hydrogens (tertiary/aromatic N) is 2. The molecule has 0 saturated heterocycles. The van der Waals surface area contributed by atoms with Crippen molar-refractivity contribution >= 4 is 27.5 Å². The van der Waals surface area contributed by atoms with Crippen LogP contribution in [0.4, 0.5) is 5.69 Å². The summed E-state index contributed by atoms with van der Waals surface area (Å²) in [7, 11) is -3.53. The first-order valence-corrected chi connectivity index (χ1v) is 15.2. The third-order valence-electron chi connectivity index (χ3n) is 6.66. The highest BCUT2D eigenvalue weighted by Crippen LogP contribution is 2.20. The smallest absolute Gasteiger partial charge is 0.243 e. The number of sulfonamides is 1. The highest BCUT2D eigenvalue weighted by Gasteiger charge is 2.31. The Bertz CT molecular complexity index is 1290. The molecule has 2 atom stereocenters. The summed E-state index contributed by atoms with van der Waals surface area (Å²) < 4.78 is 26.3. The molecule has 0 radical (unpaired) electrons. The first kappa shape index (κ1) is 29.9. The van der Waals surface area contributed by atoms with Crippen molar-refractivity contribution < 1.29 is 18.0 Å². The van der Waals surface area contributed by atoms with Gasteiger partial charge < -0.3 is 10.2 Å². The summed E-state index contributed by atoms with van der Waals surface area (Å²) in [6.45, 7) is 4.39. The molecule has 3 aromatic rings. The predicted octanol–water partition coefficient (Wildman–Crippen LogP) is 4.79. The zero-order chi connectivity index (χ0) is 28.3. The average molecular weight is 550 g/mol. The lowest BCUT2D eigenvalue weighted by Crippen LogP contribution is -2.52. The van der Waals surface area contributed by atoms with E-state index in [1.54, 1.807) is 29.2 Å². The first-order chi connectivity index (χ1) is 18.7. The van der Waals surface area contributed by atoms with E-state index in [2.05, 4.69) is 5.32 Å². The number of amides is 2. The quantitative estimate of drug-likeness (QED) is 0.313. The van der Waals surface area contributed by atoms with Crippen LogP contribution in [0.2, 0.25) is 0 Å². The normalized spacial score (nSPS) is 12.8. The van der Waals surface area contributed by atoms with E-state index in [4.69, 9.17) is 0 Å². The van der Waals surface area contributed by atoms with E-state index in [0.717, 1.165) is 17.5 Å². The lowest BCUT2D eigenvalue weighted by molar-refractivity contribution is -0.141. The first-order valence-electron chi connectivity index (χ1n) is 13.4. The Balaban J connectivity index is 1.86. The summed E-state index contributed by atoms with van der Waals surface area (Å²) in [5.74, 6) is -0.389. The van der Waals surface area contributed by atoms with E-state index < -0.39 is 16.1 Å². The fraction of sp³-hybridized carbons (Fsp3) is 0.355. The summed E-state index contributed by atoms with van der Waals surface area (Å²) in [4.78, 5) is 29.0. The largest absolute Gasteiger partial charge is 0.352 e. The van der Waals surface area contributed by atoms with Gasteiger partial charge in [-0.25, -0.2) is 8.42 Å². The minimum Gasteiger partial charge on any atom is -0.352 e. The van der Waals surface area contributed by atoms with Gasteiger partial charge in [-0.1, -0.05) is 85.8 Å². The van der Waals surface area contributed by atoms with Gasteiger partial charge in [-0.3, -0.25) is 13.9 Å². The molecule has 3 rings (SSSR count). The molecule has 0 saturated carbocycles. The molecule has 0 aliphatic heterocycles. The van der Waals surface area contributed by atoms with Crippen LogP contribution in [0.25, 0.3) is 0 Å². The van der Waals surface area contributed by atoms with Gasteiger partial charge in [0.25, 0.3) is 0 Å². The standard InChI is InChI=1S/C31H39N3O4S/c1-4-25(2)32-31(36)29(23-26-15-8-5-9-16-26)33(24-27-17-10-6-11-18-27)30(35)21-14-22-34(39(3,37)38)28-19-12-7-13-20-28/h5-13,15-20,25,29H,4,14,21-24H2,1-3H3,(H,32,36). The van der Waals surface area contributed by atoms with Gasteiger partial charge in [0.05, 0.1) is 11.9 Å². The number of nitrogens with one attached hydrogen (secondary N) is 1. The molecule has 2 unspecified atom stereocenters. The van der Waals surface area contributed by atoms with E-state index in [1.165, 1.54) is 10.6 Å². The maximum Gasteiger partial charge on any atom is 0.243 e. The van der Waals surface area contributed by atoms with Gasteiger partial charge in [-0.2, -0.15) is 0 Å². The molecule has 8 heteroatoms. The van der Waals surface area contributed by atoms with E-state index in [-0.39, 0.29) is 37.4 Å². The van der Waals surface area contributed by atoms with Crippen LogP contribution in [-0.2, 0) is 32.6 Å². The third kappa shape index (κ3) is 9.25. The van der Waals surface area contributed by atoms with Crippen LogP contribution in [0.15, 0.2) is 91.0 Å². The van der Waals surface area contributed by atoms with E-state index >= 15 is 0 Å². The minimum absolute atomic E-state index is 0.0290. The SMILES string of the molecule is CCC(C)NC(=O)C(Cc1ccccc1)N(Cc1ccccc1)C(=O)CCCN(c1ccccc1)S(C)(=O)=O. The van der Waals surface area contributed by atoms with Crippen LogP contribution in [-0.4, -0.2) is 50.0 Å². The second-order valence-electron chi connectivity index (χ2n) is 9.80. The molecule has 3 aromatic carbocycles. The van der Waals surface area contributed by atoms with Gasteiger partial charge in [0.1, 0.15) is 6.04 Å². The van der Waals surface area contributed by atoms with Crippen LogP contribution in [0, 0.1) is 0 Å². The maximum absolute atomic E-state index is 13.8. The number of anilines is 1. The molecule has 0 fully saturated rings. The van der Waals surface area contributed by atoms with Gasteiger partial charge in [0.15, 0.2) is 0 Å². The number of rotatable bonds is 14. The molecule has 39 heavy (non-hydrogen) atoms. The molecule has 2 amide bonds. The molecule has 0 spiro atoms. The molecule has 0 aliphatic carbocycles. The monoisotopic (exact) mass is 549 g/mol. The highest BCUT2D eigenvalue weighted by atomic mass is 32.2. The van der Waals surface area contributed by atoms with Gasteiger partial charge in [-0.05, 0) is 43.0 Å². The van der Waals surface area contributed by atoms with Crippen LogP contribution in [0.5, 0.6) is 0 Å². The summed E-state index contributed by atoms with van der Waals surface area (Å²) >= 11 is 0. The molecular formula is C31H39N3O4S. The molecule has 7 nitrogen and oxygen atoms in total. The van der Waals surface area contributed by atoms with Crippen molar-refractivity contribution in [1.82, 2.24) is 10.2 Å². The van der Waals surface area contributed by atoms with Crippen molar-refractivity contribution in [3.63, 3.8) is 0 Å². The van der Waals surface area contributed by atoms with Crippen molar-refractivity contribution in [2.75, 3.05) is 17.1 Å². The predicted molar refractivity (Wildman–Crippen MR) is 157 cm³/mol. The van der Waals surface area contributed by atoms with Crippen LogP contribution < -0.4 is 9.62 Å². The van der Waals surface area contributed by atoms with Crippen molar-refractivity contribution in [2.45, 2.75) is 58.2 Å². The number of carbonyl (C=O) groups excluding carboxylic acids is 2. The van der Waals surface area contributed by atoms with E-state index in [1.807, 2.05) is 80.6 Å². The summed E-state index contributed by atoms with van der Waals surface area (Å²) in [5.41, 5.74) is 2.44. The number of para-hydroxylation sites is 1. The van der Waals surface area contributed by atoms with E-state index in [0.29, 0.717) is 18.5 Å². The lowest BCUT2D eigenvalue weighted by Gasteiger charge is -2.32. The summed E-state index contributed by atoms with van der Waals surface area (Å²) in [5, 5.41) is 3.07. The van der Waals surface area contributed by atoms with Crippen LogP contribution in [0.1, 0.15) is 44.2 Å². The zero-order valence-electron chi connectivity index (χ0n) is 23.0. The Morgan fingerprint density at radius 2 is 1.38 bits per heavy atom. The fourth-order valence-corrected chi connectivity index (χ4v) is 5.34. The molecular weight excluding hydrogens is 510 g/mol. The fourth-order valence-electron chi connectivity index (χ4n) is 4.37. The van der Waals surface area contributed by atoms with Gasteiger partial charge in [0.2, 0.25) is 21.8 Å². The molecule has 208 valence electrons. The molecule has 0 aromatic heterocycles. The van der Waals surface area contributed by atoms with Gasteiger partial charge in [-0.15, -0.1) is 0 Å². The van der Waals surface area contributed by atoms with Crippen molar-refractivity contribution in [1.29, 1.82) is 0 Å². The average Bonchev–Trinajstić information content (AvgIpc) is 2.93. The molecule has 0 heterocycles. The van der Waals surface area contributed by atoms with Gasteiger partial charge in [0, 0.05) is 32.0 Å². The number of carbonyl (C=O) groups is 2. The van der Waals surface area contributed by atoms with Crippen LogP contribution >= 0.6 is 0 Å². The summed E-state index contributed by atoms with van der Waals surface area (Å²) in [6, 6.07) is 27.4. The number of hydrogen-bond donors (Lipinski definition) is 1. The topological polar surface area (TPSA) is 86.8 Å². The number of benzene rings is 3.